The normalized spacial score (nSPS) is 22.9. The van der Waals surface area contributed by atoms with Crippen LogP contribution in [-0.2, 0) is 4.74 Å². The van der Waals surface area contributed by atoms with Crippen LogP contribution >= 0.6 is 0 Å². The maximum atomic E-state index is 6.22. The minimum Gasteiger partial charge on any atom is -0.490 e. The number of ether oxygens (including phenoxy) is 2. The fourth-order valence-electron chi connectivity index (χ4n) is 3.00. The summed E-state index contributed by atoms with van der Waals surface area (Å²) >= 11 is 0. The van der Waals surface area contributed by atoms with Crippen LogP contribution in [0, 0.1) is 0 Å². The minimum absolute atomic E-state index is 0.237. The largest absolute Gasteiger partial charge is 0.490 e. The monoisotopic (exact) mass is 271 g/mol. The van der Waals surface area contributed by atoms with Gasteiger partial charge in [-0.15, -0.1) is 0 Å². The molecule has 2 N–H and O–H groups in total. The van der Waals surface area contributed by atoms with Crippen LogP contribution in [0.2, 0.25) is 0 Å². The highest BCUT2D eigenvalue weighted by Crippen LogP contribution is 2.33. The minimum atomic E-state index is 0.237. The Morgan fingerprint density at radius 3 is 2.55 bits per heavy atom. The van der Waals surface area contributed by atoms with Gasteiger partial charge in [-0.1, -0.05) is 24.3 Å². The molecule has 3 nitrogen and oxygen atoms in total. The predicted octanol–water partition coefficient (Wildman–Crippen LogP) is 3.76. The molecule has 0 saturated heterocycles. The van der Waals surface area contributed by atoms with Crippen molar-refractivity contribution >= 4 is 16.5 Å². The molecule has 2 unspecified atom stereocenters. The number of rotatable bonds is 3. The topological polar surface area (TPSA) is 44.5 Å². The van der Waals surface area contributed by atoms with E-state index < -0.39 is 0 Å². The van der Waals surface area contributed by atoms with E-state index in [1.54, 1.807) is 7.11 Å². The number of nitrogens with two attached hydrogens (primary N) is 1. The summed E-state index contributed by atoms with van der Waals surface area (Å²) in [5, 5.41) is 2.15. The molecule has 0 radical (unpaired) electrons. The van der Waals surface area contributed by atoms with Crippen LogP contribution < -0.4 is 10.5 Å². The van der Waals surface area contributed by atoms with Crippen LogP contribution in [-0.4, -0.2) is 19.3 Å². The first kappa shape index (κ1) is 13.3. The number of nitrogen functional groups attached to an aromatic ring is 1. The average Bonchev–Trinajstić information content (AvgIpc) is 2.51. The van der Waals surface area contributed by atoms with E-state index in [0.29, 0.717) is 6.10 Å². The standard InChI is InChI=1S/C17H21NO2/c1-19-12-5-4-6-13(11-12)20-17-10-9-16(18)14-7-2-3-8-15(14)17/h2-3,7-10,12-13H,4-6,11,18H2,1H3. The van der Waals surface area contributed by atoms with Crippen molar-refractivity contribution in [3.63, 3.8) is 0 Å². The van der Waals surface area contributed by atoms with Crippen LogP contribution in [0.1, 0.15) is 25.7 Å². The lowest BCUT2D eigenvalue weighted by Gasteiger charge is -2.29. The highest BCUT2D eigenvalue weighted by molar-refractivity contribution is 5.96. The van der Waals surface area contributed by atoms with Crippen molar-refractivity contribution in [1.29, 1.82) is 0 Å². The number of hydrogen-bond donors (Lipinski definition) is 1. The highest BCUT2D eigenvalue weighted by atomic mass is 16.5. The summed E-state index contributed by atoms with van der Waals surface area (Å²) in [6.07, 6.45) is 4.93. The molecule has 0 aliphatic heterocycles. The molecule has 0 heterocycles. The first-order valence-corrected chi connectivity index (χ1v) is 7.24. The third-order valence-electron chi connectivity index (χ3n) is 4.12. The number of methoxy groups -OCH3 is 1. The van der Waals surface area contributed by atoms with E-state index in [4.69, 9.17) is 15.2 Å². The Kier molecular flexibility index (Phi) is 3.79. The van der Waals surface area contributed by atoms with Crippen LogP contribution in [0.5, 0.6) is 5.75 Å². The van der Waals surface area contributed by atoms with Crippen molar-refractivity contribution in [3.8, 4) is 5.75 Å². The molecule has 2 aromatic rings. The van der Waals surface area contributed by atoms with Gasteiger partial charge in [-0.3, -0.25) is 0 Å². The third kappa shape index (κ3) is 2.59. The van der Waals surface area contributed by atoms with Gasteiger partial charge < -0.3 is 15.2 Å². The molecule has 1 fully saturated rings. The van der Waals surface area contributed by atoms with Crippen molar-refractivity contribution in [2.45, 2.75) is 37.9 Å². The summed E-state index contributed by atoms with van der Waals surface area (Å²) in [5.41, 5.74) is 6.82. The van der Waals surface area contributed by atoms with Gasteiger partial charge in [0, 0.05) is 30.0 Å². The Balaban J connectivity index is 1.86. The van der Waals surface area contributed by atoms with Gasteiger partial charge in [-0.25, -0.2) is 0 Å². The first-order chi connectivity index (χ1) is 9.78. The molecule has 1 aliphatic rings. The number of anilines is 1. The van der Waals surface area contributed by atoms with E-state index in [2.05, 4.69) is 6.07 Å². The Morgan fingerprint density at radius 2 is 1.75 bits per heavy atom. The van der Waals surface area contributed by atoms with Crippen molar-refractivity contribution in [3.05, 3.63) is 36.4 Å². The van der Waals surface area contributed by atoms with Crippen molar-refractivity contribution in [2.75, 3.05) is 12.8 Å². The molecule has 3 heteroatoms. The smallest absolute Gasteiger partial charge is 0.127 e. The Morgan fingerprint density at radius 1 is 1.00 bits per heavy atom. The zero-order valence-electron chi connectivity index (χ0n) is 11.8. The average molecular weight is 271 g/mol. The second-order valence-corrected chi connectivity index (χ2v) is 5.46. The summed E-state index contributed by atoms with van der Waals surface area (Å²) in [6, 6.07) is 12.0. The number of fused-ring (bicyclic) bond motifs is 1. The summed E-state index contributed by atoms with van der Waals surface area (Å²) in [4.78, 5) is 0. The molecule has 20 heavy (non-hydrogen) atoms. The first-order valence-electron chi connectivity index (χ1n) is 7.24. The van der Waals surface area contributed by atoms with Gasteiger partial charge in [0.15, 0.2) is 0 Å². The van der Waals surface area contributed by atoms with Crippen LogP contribution in [0.25, 0.3) is 10.8 Å². The van der Waals surface area contributed by atoms with E-state index in [9.17, 15) is 0 Å². The van der Waals surface area contributed by atoms with Gasteiger partial charge in [0.05, 0.1) is 6.10 Å². The van der Waals surface area contributed by atoms with Gasteiger partial charge >= 0.3 is 0 Å². The molecule has 0 aromatic heterocycles. The third-order valence-corrected chi connectivity index (χ3v) is 4.12. The molecule has 0 bridgehead atoms. The van der Waals surface area contributed by atoms with E-state index in [1.807, 2.05) is 30.3 Å². The van der Waals surface area contributed by atoms with E-state index in [-0.39, 0.29) is 6.10 Å². The zero-order chi connectivity index (χ0) is 13.9. The maximum Gasteiger partial charge on any atom is 0.127 e. The van der Waals surface area contributed by atoms with Crippen molar-refractivity contribution in [2.24, 2.45) is 0 Å². The molecule has 0 amide bonds. The fourth-order valence-corrected chi connectivity index (χ4v) is 3.00. The SMILES string of the molecule is COC1CCCC(Oc2ccc(N)c3ccccc23)C1. The van der Waals surface area contributed by atoms with Gasteiger partial charge in [0.2, 0.25) is 0 Å². The van der Waals surface area contributed by atoms with Gasteiger partial charge in [0.25, 0.3) is 0 Å². The van der Waals surface area contributed by atoms with Crippen molar-refractivity contribution < 1.29 is 9.47 Å². The van der Waals surface area contributed by atoms with Gasteiger partial charge in [-0.2, -0.15) is 0 Å². The molecule has 1 aliphatic carbocycles. The summed E-state index contributed by atoms with van der Waals surface area (Å²) in [6.45, 7) is 0. The molecule has 3 rings (SSSR count). The predicted molar refractivity (Wildman–Crippen MR) is 82.0 cm³/mol. The van der Waals surface area contributed by atoms with Gasteiger partial charge in [0.1, 0.15) is 11.9 Å². The Labute approximate surface area is 119 Å². The Hall–Kier alpha value is -1.74. The second-order valence-electron chi connectivity index (χ2n) is 5.46. The van der Waals surface area contributed by atoms with Crippen LogP contribution in [0.15, 0.2) is 36.4 Å². The Bertz CT molecular complexity index is 597. The molecule has 0 spiro atoms. The number of hydrogen-bond acceptors (Lipinski definition) is 3. The summed E-state index contributed by atoms with van der Waals surface area (Å²) in [5.74, 6) is 0.927. The molecule has 106 valence electrons. The van der Waals surface area contributed by atoms with Crippen LogP contribution in [0.4, 0.5) is 5.69 Å². The lowest BCUT2D eigenvalue weighted by molar-refractivity contribution is 0.0214. The summed E-state index contributed by atoms with van der Waals surface area (Å²) in [7, 11) is 1.78. The lowest BCUT2D eigenvalue weighted by atomic mass is 9.95. The fraction of sp³-hybridized carbons (Fsp3) is 0.412. The lowest BCUT2D eigenvalue weighted by Crippen LogP contribution is -2.29. The maximum absolute atomic E-state index is 6.22. The van der Waals surface area contributed by atoms with E-state index in [1.165, 1.54) is 0 Å². The van der Waals surface area contributed by atoms with Crippen LogP contribution in [0.3, 0.4) is 0 Å². The molecule has 2 atom stereocenters. The van der Waals surface area contributed by atoms with Gasteiger partial charge in [-0.05, 0) is 31.4 Å². The second kappa shape index (κ2) is 5.71. The highest BCUT2D eigenvalue weighted by Gasteiger charge is 2.23. The van der Waals surface area contributed by atoms with E-state index >= 15 is 0 Å². The summed E-state index contributed by atoms with van der Waals surface area (Å²) < 4.78 is 11.7. The number of benzene rings is 2. The molecular weight excluding hydrogens is 250 g/mol. The zero-order valence-corrected chi connectivity index (χ0v) is 11.8. The molecule has 1 saturated carbocycles. The van der Waals surface area contributed by atoms with Crippen molar-refractivity contribution in [1.82, 2.24) is 0 Å². The van der Waals surface area contributed by atoms with E-state index in [0.717, 1.165) is 47.9 Å². The quantitative estimate of drug-likeness (QED) is 0.864. The molecular formula is C17H21NO2. The molecule has 2 aromatic carbocycles.